The van der Waals surface area contributed by atoms with Crippen LogP contribution in [0.15, 0.2) is 6.07 Å². The molecule has 0 radical (unpaired) electrons. The molecule has 0 spiro atoms. The van der Waals surface area contributed by atoms with E-state index in [0.29, 0.717) is 26.2 Å². The number of ether oxygens (including phenoxy) is 4. The van der Waals surface area contributed by atoms with Crippen molar-refractivity contribution >= 4 is 12.0 Å². The van der Waals surface area contributed by atoms with Crippen molar-refractivity contribution in [2.24, 2.45) is 0 Å². The summed E-state index contributed by atoms with van der Waals surface area (Å²) in [5, 5.41) is 11.1. The number of alkyl carbamates (subject to hydrolysis) is 1. The van der Waals surface area contributed by atoms with Crippen molar-refractivity contribution in [3.63, 3.8) is 0 Å². The minimum absolute atomic E-state index is 0.0164. The predicted octanol–water partition coefficient (Wildman–Crippen LogP) is 1.58. The van der Waals surface area contributed by atoms with Crippen molar-refractivity contribution in [3.05, 3.63) is 17.5 Å². The number of carbonyl (C=O) groups is 2. The SMILES string of the molecule is COC[C@@H]1CNC[C@H](C(=O)N(C2CC2)[C@H](C)c2cc(CCCNC(=O)OC)n(C3CCOCC3)n2)O1. The molecule has 2 aliphatic heterocycles. The van der Waals surface area contributed by atoms with Gasteiger partial charge in [0.25, 0.3) is 5.91 Å². The summed E-state index contributed by atoms with van der Waals surface area (Å²) in [6.07, 6.45) is 4.30. The lowest BCUT2D eigenvalue weighted by Gasteiger charge is -2.36. The first-order valence-electron chi connectivity index (χ1n) is 13.2. The Hall–Kier alpha value is -2.21. The maximum atomic E-state index is 13.7. The smallest absolute Gasteiger partial charge is 0.406 e. The molecule has 4 rings (SSSR count). The van der Waals surface area contributed by atoms with E-state index in [-0.39, 0.29) is 30.1 Å². The summed E-state index contributed by atoms with van der Waals surface area (Å²) in [5.41, 5.74) is 2.02. The molecular weight excluding hydrogens is 466 g/mol. The zero-order valence-electron chi connectivity index (χ0n) is 21.7. The average Bonchev–Trinajstić information content (AvgIpc) is 3.64. The van der Waals surface area contributed by atoms with Gasteiger partial charge in [-0.2, -0.15) is 5.10 Å². The maximum Gasteiger partial charge on any atom is 0.406 e. The van der Waals surface area contributed by atoms with Gasteiger partial charge in [0.05, 0.1) is 37.6 Å². The molecule has 0 bridgehead atoms. The van der Waals surface area contributed by atoms with Gasteiger partial charge in [0.1, 0.15) is 6.10 Å². The number of hydrogen-bond donors (Lipinski definition) is 2. The fourth-order valence-corrected chi connectivity index (χ4v) is 5.11. The lowest BCUT2D eigenvalue weighted by Crippen LogP contribution is -2.54. The maximum absolute atomic E-state index is 13.7. The van der Waals surface area contributed by atoms with Crippen LogP contribution in [0.2, 0.25) is 0 Å². The average molecular weight is 508 g/mol. The fraction of sp³-hybridized carbons (Fsp3) is 0.800. The van der Waals surface area contributed by atoms with Gasteiger partial charge in [-0.25, -0.2) is 4.79 Å². The molecular formula is C25H41N5O6. The molecule has 2 N–H and O–H groups in total. The topological polar surface area (TPSA) is 116 Å². The molecule has 36 heavy (non-hydrogen) atoms. The van der Waals surface area contributed by atoms with E-state index in [2.05, 4.69) is 33.0 Å². The number of hydrogen-bond acceptors (Lipinski definition) is 8. The zero-order valence-corrected chi connectivity index (χ0v) is 21.7. The summed E-state index contributed by atoms with van der Waals surface area (Å²) in [4.78, 5) is 27.0. The van der Waals surface area contributed by atoms with E-state index in [4.69, 9.17) is 19.3 Å². The second-order valence-electron chi connectivity index (χ2n) is 9.88. The summed E-state index contributed by atoms with van der Waals surface area (Å²) in [6.45, 7) is 5.68. The van der Waals surface area contributed by atoms with Crippen molar-refractivity contribution in [2.75, 3.05) is 53.7 Å². The number of aryl methyl sites for hydroxylation is 1. The first-order valence-corrected chi connectivity index (χ1v) is 13.2. The molecule has 0 aromatic carbocycles. The van der Waals surface area contributed by atoms with E-state index in [1.807, 2.05) is 4.90 Å². The molecule has 3 atom stereocenters. The number of morpholine rings is 1. The molecule has 3 heterocycles. The normalized spacial score (nSPS) is 23.8. The van der Waals surface area contributed by atoms with Crippen LogP contribution >= 0.6 is 0 Å². The molecule has 2 saturated heterocycles. The van der Waals surface area contributed by atoms with Gasteiger partial charge in [0, 0.05) is 51.7 Å². The Kier molecular flexibility index (Phi) is 9.58. The molecule has 1 saturated carbocycles. The van der Waals surface area contributed by atoms with E-state index in [1.165, 1.54) is 7.11 Å². The lowest BCUT2D eigenvalue weighted by molar-refractivity contribution is -0.156. The van der Waals surface area contributed by atoms with Crippen molar-refractivity contribution in [2.45, 2.75) is 75.8 Å². The van der Waals surface area contributed by atoms with Crippen LogP contribution in [0.1, 0.15) is 62.5 Å². The van der Waals surface area contributed by atoms with E-state index < -0.39 is 12.2 Å². The molecule has 2 amide bonds. The van der Waals surface area contributed by atoms with E-state index in [9.17, 15) is 9.59 Å². The Morgan fingerprint density at radius 2 is 2.03 bits per heavy atom. The third kappa shape index (κ3) is 6.76. The predicted molar refractivity (Wildman–Crippen MR) is 132 cm³/mol. The summed E-state index contributed by atoms with van der Waals surface area (Å²) < 4.78 is 23.7. The van der Waals surface area contributed by atoms with Gasteiger partial charge in [-0.3, -0.25) is 9.48 Å². The fourth-order valence-electron chi connectivity index (χ4n) is 5.11. The van der Waals surface area contributed by atoms with Crippen LogP contribution in [-0.2, 0) is 30.2 Å². The van der Waals surface area contributed by atoms with Crippen LogP contribution in [0.25, 0.3) is 0 Å². The van der Waals surface area contributed by atoms with E-state index in [1.54, 1.807) is 7.11 Å². The zero-order chi connectivity index (χ0) is 25.5. The van der Waals surface area contributed by atoms with Crippen LogP contribution < -0.4 is 10.6 Å². The summed E-state index contributed by atoms with van der Waals surface area (Å²) >= 11 is 0. The van der Waals surface area contributed by atoms with Gasteiger partial charge < -0.3 is 34.5 Å². The Labute approximate surface area is 213 Å². The first-order chi connectivity index (χ1) is 17.5. The monoisotopic (exact) mass is 507 g/mol. The third-order valence-corrected chi connectivity index (χ3v) is 7.16. The number of rotatable bonds is 11. The highest BCUT2D eigenvalue weighted by molar-refractivity contribution is 5.82. The highest BCUT2D eigenvalue weighted by atomic mass is 16.5. The lowest BCUT2D eigenvalue weighted by atomic mass is 10.1. The van der Waals surface area contributed by atoms with Crippen LogP contribution in [0.3, 0.4) is 0 Å². The summed E-state index contributed by atoms with van der Waals surface area (Å²) in [6, 6.07) is 2.47. The van der Waals surface area contributed by atoms with Gasteiger partial charge in [-0.15, -0.1) is 0 Å². The number of carbonyl (C=O) groups excluding carboxylic acids is 2. The highest BCUT2D eigenvalue weighted by Gasteiger charge is 2.42. The Balaban J connectivity index is 1.49. The van der Waals surface area contributed by atoms with Crippen molar-refractivity contribution in [1.29, 1.82) is 0 Å². The number of aromatic nitrogens is 2. The Bertz CT molecular complexity index is 867. The van der Waals surface area contributed by atoms with Crippen molar-refractivity contribution < 1.29 is 28.5 Å². The van der Waals surface area contributed by atoms with Crippen molar-refractivity contribution in [3.8, 4) is 0 Å². The van der Waals surface area contributed by atoms with Crippen LogP contribution in [-0.4, -0.2) is 98.6 Å². The van der Waals surface area contributed by atoms with Gasteiger partial charge in [0.2, 0.25) is 0 Å². The molecule has 3 aliphatic rings. The second kappa shape index (κ2) is 12.8. The first kappa shape index (κ1) is 26.8. The van der Waals surface area contributed by atoms with Crippen LogP contribution in [0.5, 0.6) is 0 Å². The number of nitrogens with zero attached hydrogens (tertiary/aromatic N) is 3. The minimum Gasteiger partial charge on any atom is -0.453 e. The van der Waals surface area contributed by atoms with Crippen LogP contribution in [0.4, 0.5) is 4.79 Å². The van der Waals surface area contributed by atoms with E-state index in [0.717, 1.165) is 63.1 Å². The molecule has 11 heteroatoms. The third-order valence-electron chi connectivity index (χ3n) is 7.16. The van der Waals surface area contributed by atoms with Gasteiger partial charge in [-0.05, 0) is 51.5 Å². The Morgan fingerprint density at radius 1 is 1.25 bits per heavy atom. The van der Waals surface area contributed by atoms with E-state index >= 15 is 0 Å². The van der Waals surface area contributed by atoms with Gasteiger partial charge in [-0.1, -0.05) is 0 Å². The molecule has 1 aromatic heterocycles. The van der Waals surface area contributed by atoms with Crippen LogP contribution in [0, 0.1) is 0 Å². The molecule has 0 unspecified atom stereocenters. The molecule has 202 valence electrons. The number of amides is 2. The molecule has 3 fully saturated rings. The van der Waals surface area contributed by atoms with Gasteiger partial charge >= 0.3 is 6.09 Å². The molecule has 1 aliphatic carbocycles. The van der Waals surface area contributed by atoms with Gasteiger partial charge in [0.15, 0.2) is 0 Å². The molecule has 11 nitrogen and oxygen atoms in total. The minimum atomic E-state index is -0.525. The Morgan fingerprint density at radius 3 is 2.72 bits per heavy atom. The summed E-state index contributed by atoms with van der Waals surface area (Å²) in [7, 11) is 3.01. The standard InChI is InChI=1S/C25H41N5O6/c1-17(29(18-6-7-18)24(31)23-15-26-14-21(36-23)16-33-2)22-13-20(5-4-10-27-25(32)34-3)30(28-22)19-8-11-35-12-9-19/h13,17-19,21,23,26H,4-12,14-16H2,1-3H3,(H,27,32)/t17-,21+,23-/m1/s1. The highest BCUT2D eigenvalue weighted by Crippen LogP contribution is 2.36. The van der Waals surface area contributed by atoms with Crippen molar-refractivity contribution in [1.82, 2.24) is 25.3 Å². The second-order valence-corrected chi connectivity index (χ2v) is 9.88. The summed E-state index contributed by atoms with van der Waals surface area (Å²) in [5.74, 6) is 0.0164. The molecule has 1 aromatic rings. The quantitative estimate of drug-likeness (QED) is 0.434. The number of nitrogens with one attached hydrogen (secondary N) is 2. The largest absolute Gasteiger partial charge is 0.453 e. The number of methoxy groups -OCH3 is 2.